The number of hydrogen-bond acceptors (Lipinski definition) is 4. The smallest absolute Gasteiger partial charge is 0.273 e. The van der Waals surface area contributed by atoms with E-state index in [0.717, 1.165) is 22.9 Å². The number of carbonyl (C=O) groups excluding carboxylic acids is 1. The Hall–Kier alpha value is -2.71. The predicted molar refractivity (Wildman–Crippen MR) is 126 cm³/mol. The number of aromatic nitrogens is 2. The number of fused-ring (bicyclic) bond motifs is 1. The van der Waals surface area contributed by atoms with Gasteiger partial charge in [0.05, 0.1) is 12.3 Å². The average molecular weight is 455 g/mol. The van der Waals surface area contributed by atoms with Crippen molar-refractivity contribution in [3.63, 3.8) is 0 Å². The highest BCUT2D eigenvalue weighted by Gasteiger charge is 2.33. The van der Waals surface area contributed by atoms with Crippen molar-refractivity contribution in [3.05, 3.63) is 66.2 Å². The van der Waals surface area contributed by atoms with E-state index in [9.17, 15) is 13.2 Å². The minimum Gasteiger partial charge on any atom is -0.364 e. The number of sulfonamides is 1. The number of amides is 1. The molecule has 1 aliphatic rings. The van der Waals surface area contributed by atoms with Crippen molar-refractivity contribution in [2.75, 3.05) is 18.8 Å². The van der Waals surface area contributed by atoms with E-state index in [0.29, 0.717) is 44.6 Å². The van der Waals surface area contributed by atoms with Crippen molar-refractivity contribution in [1.29, 1.82) is 0 Å². The topological polar surface area (TPSA) is 86.4 Å². The maximum atomic E-state index is 13.6. The average Bonchev–Trinajstić information content (AvgIpc) is 3.34. The first kappa shape index (κ1) is 22.5. The molecule has 3 heterocycles. The highest BCUT2D eigenvalue weighted by Crippen LogP contribution is 2.24. The van der Waals surface area contributed by atoms with Crippen LogP contribution in [0.5, 0.6) is 0 Å². The molecular formula is C24H30N4O3S. The molecule has 2 aromatic heterocycles. The second kappa shape index (κ2) is 9.83. The lowest BCUT2D eigenvalue weighted by Gasteiger charge is -2.38. The fourth-order valence-electron chi connectivity index (χ4n) is 4.25. The summed E-state index contributed by atoms with van der Waals surface area (Å²) in [7, 11) is -3.23. The van der Waals surface area contributed by atoms with Gasteiger partial charge in [0.1, 0.15) is 5.69 Å². The molecule has 1 amide bonds. The van der Waals surface area contributed by atoms with Gasteiger partial charge in [0.15, 0.2) is 0 Å². The number of nitrogens with one attached hydrogen (secondary N) is 1. The fraction of sp³-hybridized carbons (Fsp3) is 0.417. The van der Waals surface area contributed by atoms with Crippen LogP contribution in [0.25, 0.3) is 10.8 Å². The van der Waals surface area contributed by atoms with Gasteiger partial charge < -0.3 is 9.88 Å². The summed E-state index contributed by atoms with van der Waals surface area (Å²) in [6.45, 7) is 3.31. The van der Waals surface area contributed by atoms with Crippen LogP contribution in [0.3, 0.4) is 0 Å². The van der Waals surface area contributed by atoms with Crippen LogP contribution >= 0.6 is 0 Å². The number of nitrogens with zero attached hydrogens (tertiary/aromatic N) is 3. The monoisotopic (exact) mass is 454 g/mol. The predicted octanol–water partition coefficient (Wildman–Crippen LogP) is 3.80. The van der Waals surface area contributed by atoms with Gasteiger partial charge in [-0.1, -0.05) is 37.6 Å². The number of piperidine rings is 1. The zero-order valence-electron chi connectivity index (χ0n) is 18.4. The Labute approximate surface area is 189 Å². The van der Waals surface area contributed by atoms with Crippen LogP contribution in [0, 0.1) is 0 Å². The van der Waals surface area contributed by atoms with Gasteiger partial charge in [0.25, 0.3) is 5.91 Å². The van der Waals surface area contributed by atoms with Gasteiger partial charge in [0.2, 0.25) is 10.0 Å². The Balaban J connectivity index is 1.54. The number of benzene rings is 1. The zero-order valence-corrected chi connectivity index (χ0v) is 19.2. The van der Waals surface area contributed by atoms with E-state index in [1.807, 2.05) is 60.5 Å². The van der Waals surface area contributed by atoms with Crippen LogP contribution in [0.4, 0.5) is 0 Å². The van der Waals surface area contributed by atoms with Gasteiger partial charge in [-0.2, -0.15) is 0 Å². The Morgan fingerprint density at radius 1 is 1.16 bits per heavy atom. The zero-order chi connectivity index (χ0) is 22.6. The molecule has 32 heavy (non-hydrogen) atoms. The summed E-state index contributed by atoms with van der Waals surface area (Å²) in [5, 5.41) is 1.97. The summed E-state index contributed by atoms with van der Waals surface area (Å²) >= 11 is 0. The van der Waals surface area contributed by atoms with Crippen molar-refractivity contribution in [3.8, 4) is 0 Å². The third kappa shape index (κ3) is 5.02. The Morgan fingerprint density at radius 3 is 2.59 bits per heavy atom. The molecule has 1 N–H and O–H groups in total. The minimum atomic E-state index is -3.23. The van der Waals surface area contributed by atoms with Gasteiger partial charge in [-0.3, -0.25) is 9.78 Å². The van der Waals surface area contributed by atoms with Gasteiger partial charge in [-0.15, -0.1) is 0 Å². The summed E-state index contributed by atoms with van der Waals surface area (Å²) in [5.74, 6) is 0.0676. The van der Waals surface area contributed by atoms with Crippen LogP contribution in [0.2, 0.25) is 0 Å². The third-order valence-electron chi connectivity index (χ3n) is 6.13. The number of rotatable bonds is 8. The number of hydrogen-bond donors (Lipinski definition) is 1. The molecular weight excluding hydrogens is 424 g/mol. The number of carbonyl (C=O) groups is 1. The van der Waals surface area contributed by atoms with Crippen molar-refractivity contribution in [2.24, 2.45) is 0 Å². The number of aromatic amines is 1. The molecule has 1 fully saturated rings. The highest BCUT2D eigenvalue weighted by atomic mass is 32.2. The molecule has 0 aliphatic carbocycles. The summed E-state index contributed by atoms with van der Waals surface area (Å²) in [6.07, 6.45) is 6.34. The molecule has 1 aliphatic heterocycles. The third-order valence-corrected chi connectivity index (χ3v) is 8.08. The van der Waals surface area contributed by atoms with E-state index in [2.05, 4.69) is 9.97 Å². The number of unbranched alkanes of at least 4 members (excludes halogenated alkanes) is 1. The van der Waals surface area contributed by atoms with E-state index in [1.54, 1.807) is 10.5 Å². The standard InChI is InChI=1S/C24H30N4O3S/c1-2-3-15-32(30,31)27-13-10-22(11-14-27)28(18-21-9-6-12-25-21)24(29)23-16-19-7-4-5-8-20(19)17-26-23/h4-9,12,16-17,22,25H,2-3,10-11,13-15,18H2,1H3. The molecule has 0 radical (unpaired) electrons. The van der Waals surface area contributed by atoms with Crippen molar-refractivity contribution < 1.29 is 13.2 Å². The van der Waals surface area contributed by atoms with Gasteiger partial charge in [-0.05, 0) is 42.8 Å². The first-order valence-electron chi connectivity index (χ1n) is 11.2. The van der Waals surface area contributed by atoms with Crippen LogP contribution in [0.1, 0.15) is 48.8 Å². The summed E-state index contributed by atoms with van der Waals surface area (Å²) < 4.78 is 26.8. The summed E-state index contributed by atoms with van der Waals surface area (Å²) in [5.41, 5.74) is 1.35. The van der Waals surface area contributed by atoms with Gasteiger partial charge in [0, 0.05) is 42.6 Å². The molecule has 0 unspecified atom stereocenters. The molecule has 7 nitrogen and oxygen atoms in total. The van der Waals surface area contributed by atoms with Crippen molar-refractivity contribution in [1.82, 2.24) is 19.2 Å². The molecule has 3 aromatic rings. The molecule has 0 atom stereocenters. The molecule has 1 aromatic carbocycles. The largest absolute Gasteiger partial charge is 0.364 e. The van der Waals surface area contributed by atoms with E-state index < -0.39 is 10.0 Å². The van der Waals surface area contributed by atoms with Gasteiger partial charge in [-0.25, -0.2) is 12.7 Å². The second-order valence-corrected chi connectivity index (χ2v) is 10.4. The van der Waals surface area contributed by atoms with Crippen LogP contribution in [-0.2, 0) is 16.6 Å². The van der Waals surface area contributed by atoms with Crippen LogP contribution in [0.15, 0.2) is 54.9 Å². The summed E-state index contributed by atoms with van der Waals surface area (Å²) in [6, 6.07) is 13.5. The number of H-pyrrole nitrogens is 1. The highest BCUT2D eigenvalue weighted by molar-refractivity contribution is 7.89. The minimum absolute atomic E-state index is 0.0447. The quantitative estimate of drug-likeness (QED) is 0.561. The normalized spacial score (nSPS) is 15.8. The van der Waals surface area contributed by atoms with E-state index in [4.69, 9.17) is 0 Å². The Bertz CT molecular complexity index is 1150. The molecule has 0 bridgehead atoms. The molecule has 170 valence electrons. The van der Waals surface area contributed by atoms with E-state index >= 15 is 0 Å². The molecule has 1 saturated heterocycles. The SMILES string of the molecule is CCCCS(=O)(=O)N1CCC(N(Cc2ccc[nH]2)C(=O)c2cc3ccccc3cn2)CC1. The Morgan fingerprint density at radius 2 is 1.91 bits per heavy atom. The van der Waals surface area contributed by atoms with Crippen LogP contribution in [-0.4, -0.2) is 58.4 Å². The molecule has 8 heteroatoms. The molecule has 0 saturated carbocycles. The lowest BCUT2D eigenvalue weighted by Crippen LogP contribution is -2.49. The van der Waals surface area contributed by atoms with Crippen molar-refractivity contribution >= 4 is 26.7 Å². The number of pyridine rings is 1. The second-order valence-electron chi connectivity index (χ2n) is 8.34. The first-order chi connectivity index (χ1) is 15.5. The first-order valence-corrected chi connectivity index (χ1v) is 12.8. The van der Waals surface area contributed by atoms with Gasteiger partial charge >= 0.3 is 0 Å². The lowest BCUT2D eigenvalue weighted by molar-refractivity contribution is 0.0588. The van der Waals surface area contributed by atoms with Crippen LogP contribution < -0.4 is 0 Å². The van der Waals surface area contributed by atoms with E-state index in [-0.39, 0.29) is 17.7 Å². The molecule has 4 rings (SSSR count). The Kier molecular flexibility index (Phi) is 6.91. The summed E-state index contributed by atoms with van der Waals surface area (Å²) in [4.78, 5) is 23.0. The molecule has 0 spiro atoms. The lowest BCUT2D eigenvalue weighted by atomic mass is 10.0. The van der Waals surface area contributed by atoms with Crippen molar-refractivity contribution in [2.45, 2.75) is 45.2 Å². The fourth-order valence-corrected chi connectivity index (χ4v) is 5.93. The maximum Gasteiger partial charge on any atom is 0.273 e. The maximum absolute atomic E-state index is 13.6. The van der Waals surface area contributed by atoms with E-state index in [1.165, 1.54) is 0 Å².